The molecule has 0 aromatic heterocycles. The molecule has 2 amide bonds. The second kappa shape index (κ2) is 6.63. The van der Waals surface area contributed by atoms with Crippen molar-refractivity contribution in [2.45, 2.75) is 25.9 Å². The van der Waals surface area contributed by atoms with Crippen molar-refractivity contribution in [2.75, 3.05) is 24.1 Å². The Balaban J connectivity index is 1.70. The average molecular weight is 380 g/mol. The Morgan fingerprint density at radius 2 is 1.54 bits per heavy atom. The van der Waals surface area contributed by atoms with Crippen LogP contribution in [0, 0.1) is 13.8 Å². The Morgan fingerprint density at radius 1 is 0.857 bits per heavy atom. The van der Waals surface area contributed by atoms with E-state index in [1.807, 2.05) is 32.0 Å². The van der Waals surface area contributed by atoms with Crippen LogP contribution < -0.4 is 19.4 Å². The molecule has 4 rings (SSSR count). The lowest BCUT2D eigenvalue weighted by atomic mass is 10.1. The van der Waals surface area contributed by atoms with E-state index < -0.39 is 12.1 Å². The zero-order chi connectivity index (χ0) is 20.0. The number of carbonyl (C=O) groups excluding carboxylic acids is 2. The van der Waals surface area contributed by atoms with Gasteiger partial charge in [-0.25, -0.2) is 9.91 Å². The molecule has 1 fully saturated rings. The minimum Gasteiger partial charge on any atom is -0.493 e. The largest absolute Gasteiger partial charge is 0.493 e. The normalized spacial score (nSPS) is 20.7. The molecule has 1 saturated heterocycles. The molecule has 2 unspecified atom stereocenters. The standard InChI is InChI=1S/C20H20N4O4/c1-11-7-12(2)9-14(8-11)23-19(25)17-18(20(23)26)24(22-21-17)13-5-6-15(27-3)16(10-13)28-4/h5-10,17-18H,1-4H3. The summed E-state index contributed by atoms with van der Waals surface area (Å²) in [6, 6.07) is 9.14. The molecular formula is C20H20N4O4. The number of hydrogen-bond donors (Lipinski definition) is 0. The van der Waals surface area contributed by atoms with E-state index in [9.17, 15) is 9.59 Å². The number of imide groups is 1. The van der Waals surface area contributed by atoms with Gasteiger partial charge in [0.05, 0.1) is 25.6 Å². The average Bonchev–Trinajstić information content (AvgIpc) is 3.20. The van der Waals surface area contributed by atoms with Crippen LogP contribution in [0.5, 0.6) is 11.5 Å². The van der Waals surface area contributed by atoms with Crippen molar-refractivity contribution in [1.82, 2.24) is 0 Å². The molecule has 2 heterocycles. The van der Waals surface area contributed by atoms with Gasteiger partial charge in [-0.2, -0.15) is 5.11 Å². The molecular weight excluding hydrogens is 360 g/mol. The van der Waals surface area contributed by atoms with E-state index in [1.165, 1.54) is 17.0 Å². The van der Waals surface area contributed by atoms with Gasteiger partial charge in [0.15, 0.2) is 23.6 Å². The number of anilines is 2. The highest BCUT2D eigenvalue weighted by molar-refractivity contribution is 6.26. The first kappa shape index (κ1) is 18.0. The fourth-order valence-electron chi connectivity index (χ4n) is 3.67. The topological polar surface area (TPSA) is 83.8 Å². The zero-order valence-corrected chi connectivity index (χ0v) is 16.0. The van der Waals surface area contributed by atoms with E-state index in [0.717, 1.165) is 11.1 Å². The number of aryl methyl sites for hydroxylation is 2. The maximum atomic E-state index is 13.2. The molecule has 0 spiro atoms. The van der Waals surface area contributed by atoms with Crippen molar-refractivity contribution >= 4 is 23.2 Å². The van der Waals surface area contributed by atoms with Crippen LogP contribution in [0.4, 0.5) is 11.4 Å². The van der Waals surface area contributed by atoms with Gasteiger partial charge in [-0.05, 0) is 49.2 Å². The number of benzene rings is 2. The highest BCUT2D eigenvalue weighted by atomic mass is 16.5. The molecule has 8 nitrogen and oxygen atoms in total. The number of methoxy groups -OCH3 is 2. The quantitative estimate of drug-likeness (QED) is 0.762. The van der Waals surface area contributed by atoms with Crippen LogP contribution in [0.25, 0.3) is 0 Å². The fraction of sp³-hybridized carbons (Fsp3) is 0.300. The van der Waals surface area contributed by atoms with Crippen LogP contribution in [-0.4, -0.2) is 38.1 Å². The van der Waals surface area contributed by atoms with E-state index in [4.69, 9.17) is 9.47 Å². The molecule has 8 heteroatoms. The van der Waals surface area contributed by atoms with Crippen molar-refractivity contribution in [3.8, 4) is 11.5 Å². The molecule has 0 bridgehead atoms. The van der Waals surface area contributed by atoms with Gasteiger partial charge in [0.1, 0.15) is 0 Å². The summed E-state index contributed by atoms with van der Waals surface area (Å²) >= 11 is 0. The third kappa shape index (κ3) is 2.69. The SMILES string of the molecule is COc1ccc(N2N=NC3C(=O)N(c4cc(C)cc(C)c4)C(=O)C32)cc1OC. The smallest absolute Gasteiger partial charge is 0.263 e. The molecule has 144 valence electrons. The molecule has 0 saturated carbocycles. The van der Waals surface area contributed by atoms with E-state index in [-0.39, 0.29) is 11.8 Å². The lowest BCUT2D eigenvalue weighted by Crippen LogP contribution is -2.40. The Hall–Kier alpha value is -3.42. The van der Waals surface area contributed by atoms with Crippen molar-refractivity contribution in [2.24, 2.45) is 10.3 Å². The Kier molecular flexibility index (Phi) is 4.26. The molecule has 2 aliphatic heterocycles. The first-order valence-corrected chi connectivity index (χ1v) is 8.82. The summed E-state index contributed by atoms with van der Waals surface area (Å²) in [5, 5.41) is 9.62. The van der Waals surface area contributed by atoms with E-state index in [2.05, 4.69) is 10.3 Å². The van der Waals surface area contributed by atoms with Gasteiger partial charge < -0.3 is 9.47 Å². The van der Waals surface area contributed by atoms with Gasteiger partial charge in [-0.1, -0.05) is 11.3 Å². The number of nitrogens with zero attached hydrogens (tertiary/aromatic N) is 4. The predicted molar refractivity (Wildman–Crippen MR) is 103 cm³/mol. The summed E-state index contributed by atoms with van der Waals surface area (Å²) in [5.74, 6) is 0.345. The van der Waals surface area contributed by atoms with Crippen LogP contribution in [0.15, 0.2) is 46.7 Å². The van der Waals surface area contributed by atoms with Gasteiger partial charge in [-0.3, -0.25) is 9.59 Å². The predicted octanol–water partition coefficient (Wildman–Crippen LogP) is 2.82. The minimum absolute atomic E-state index is 0.347. The Morgan fingerprint density at radius 3 is 2.18 bits per heavy atom. The van der Waals surface area contributed by atoms with Crippen molar-refractivity contribution < 1.29 is 19.1 Å². The number of carbonyl (C=O) groups is 2. The molecule has 28 heavy (non-hydrogen) atoms. The van der Waals surface area contributed by atoms with Crippen LogP contribution >= 0.6 is 0 Å². The van der Waals surface area contributed by atoms with Crippen LogP contribution in [0.3, 0.4) is 0 Å². The summed E-state index contributed by atoms with van der Waals surface area (Å²) in [7, 11) is 3.08. The van der Waals surface area contributed by atoms with Crippen molar-refractivity contribution in [3.63, 3.8) is 0 Å². The zero-order valence-electron chi connectivity index (χ0n) is 16.0. The highest BCUT2D eigenvalue weighted by Gasteiger charge is 2.55. The van der Waals surface area contributed by atoms with E-state index in [0.29, 0.717) is 22.9 Å². The molecule has 2 aromatic carbocycles. The summed E-state index contributed by atoms with van der Waals surface area (Å²) in [5.41, 5.74) is 3.11. The fourth-order valence-corrected chi connectivity index (χ4v) is 3.67. The molecule has 0 N–H and O–H groups in total. The minimum atomic E-state index is -0.860. The number of rotatable bonds is 4. The highest BCUT2D eigenvalue weighted by Crippen LogP contribution is 2.38. The monoisotopic (exact) mass is 380 g/mol. The van der Waals surface area contributed by atoms with Gasteiger partial charge in [0, 0.05) is 6.07 Å². The van der Waals surface area contributed by atoms with Crippen molar-refractivity contribution in [1.29, 1.82) is 0 Å². The summed E-state index contributed by atoms with van der Waals surface area (Å²) in [6.45, 7) is 3.86. The van der Waals surface area contributed by atoms with Gasteiger partial charge in [0.25, 0.3) is 11.8 Å². The van der Waals surface area contributed by atoms with Crippen LogP contribution in [0.1, 0.15) is 11.1 Å². The number of ether oxygens (including phenoxy) is 2. The summed E-state index contributed by atoms with van der Waals surface area (Å²) < 4.78 is 10.6. The number of fused-ring (bicyclic) bond motifs is 1. The number of amides is 2. The lowest BCUT2D eigenvalue weighted by molar-refractivity contribution is -0.121. The summed E-state index contributed by atoms with van der Waals surface area (Å²) in [6.07, 6.45) is 0. The van der Waals surface area contributed by atoms with Gasteiger partial charge in [-0.15, -0.1) is 0 Å². The third-order valence-electron chi connectivity index (χ3n) is 4.88. The second-order valence-electron chi connectivity index (χ2n) is 6.84. The van der Waals surface area contributed by atoms with E-state index >= 15 is 0 Å². The van der Waals surface area contributed by atoms with E-state index in [1.54, 1.807) is 25.3 Å². The van der Waals surface area contributed by atoms with Gasteiger partial charge >= 0.3 is 0 Å². The molecule has 2 aliphatic rings. The Labute approximate surface area is 162 Å². The molecule has 0 aliphatic carbocycles. The molecule has 2 aromatic rings. The maximum absolute atomic E-state index is 13.2. The van der Waals surface area contributed by atoms with Gasteiger partial charge in [0.2, 0.25) is 0 Å². The van der Waals surface area contributed by atoms with Crippen LogP contribution in [0.2, 0.25) is 0 Å². The molecule has 0 radical (unpaired) electrons. The molecule has 2 atom stereocenters. The maximum Gasteiger partial charge on any atom is 0.263 e. The second-order valence-corrected chi connectivity index (χ2v) is 6.84. The van der Waals surface area contributed by atoms with Crippen molar-refractivity contribution in [3.05, 3.63) is 47.5 Å². The lowest BCUT2D eigenvalue weighted by Gasteiger charge is -2.21. The number of hydrogen-bond acceptors (Lipinski definition) is 7. The Bertz CT molecular complexity index is 983. The third-order valence-corrected chi connectivity index (χ3v) is 4.88. The summed E-state index contributed by atoms with van der Waals surface area (Å²) in [4.78, 5) is 27.3. The first-order chi connectivity index (χ1) is 13.4. The van der Waals surface area contributed by atoms with Crippen LogP contribution in [-0.2, 0) is 9.59 Å². The first-order valence-electron chi connectivity index (χ1n) is 8.82.